The fraction of sp³-hybridized carbons (Fsp3) is 0.913. The van der Waals surface area contributed by atoms with Crippen LogP contribution in [-0.2, 0) is 4.74 Å². The molecule has 3 nitrogen and oxygen atoms in total. The van der Waals surface area contributed by atoms with Crippen molar-refractivity contribution in [3.63, 3.8) is 0 Å². The maximum absolute atomic E-state index is 9.13. The Kier molecular flexibility index (Phi) is 22.3. The first-order chi connectivity index (χ1) is 12.8. The highest BCUT2D eigenvalue weighted by Gasteiger charge is 2.00. The molecule has 0 saturated carbocycles. The summed E-state index contributed by atoms with van der Waals surface area (Å²) in [6.07, 6.45) is 25.2. The van der Waals surface area contributed by atoms with Gasteiger partial charge in [0.25, 0.3) is 0 Å². The normalized spacial score (nSPS) is 12.9. The van der Waals surface area contributed by atoms with Crippen molar-refractivity contribution < 1.29 is 14.9 Å². The molecule has 0 saturated heterocycles. The van der Waals surface area contributed by atoms with E-state index in [0.717, 1.165) is 6.42 Å². The summed E-state index contributed by atoms with van der Waals surface area (Å²) in [6.45, 7) is 3.01. The minimum Gasteiger partial charge on any atom is -0.394 e. The number of rotatable bonds is 21. The van der Waals surface area contributed by atoms with Gasteiger partial charge in [0.1, 0.15) is 6.10 Å². The minimum atomic E-state index is -0.724. The largest absolute Gasteiger partial charge is 0.394 e. The highest BCUT2D eigenvalue weighted by atomic mass is 16.5. The first-order valence-corrected chi connectivity index (χ1v) is 11.3. The van der Waals surface area contributed by atoms with Crippen molar-refractivity contribution in [2.24, 2.45) is 0 Å². The standard InChI is InChI=1S/C23H46O3/c1-2-3-4-5-6-7-8-9-10-11-12-13-14-15-16-17-18-19-20-26-22-23(25)21-24/h11-12,23-25H,2-10,13-22H2,1H3/b12-11-/t23-/m0/s1. The molecule has 0 aliphatic carbocycles. The highest BCUT2D eigenvalue weighted by Crippen LogP contribution is 2.11. The van der Waals surface area contributed by atoms with E-state index in [1.54, 1.807) is 0 Å². The summed E-state index contributed by atoms with van der Waals surface area (Å²) in [5, 5.41) is 17.8. The summed E-state index contributed by atoms with van der Waals surface area (Å²) < 4.78 is 5.30. The van der Waals surface area contributed by atoms with Crippen LogP contribution in [0.15, 0.2) is 12.2 Å². The van der Waals surface area contributed by atoms with Crippen LogP contribution < -0.4 is 0 Å². The molecule has 0 unspecified atom stereocenters. The monoisotopic (exact) mass is 370 g/mol. The third-order valence-electron chi connectivity index (χ3n) is 4.82. The number of hydrogen-bond donors (Lipinski definition) is 2. The Hall–Kier alpha value is -0.380. The molecule has 0 aromatic heterocycles. The summed E-state index contributed by atoms with van der Waals surface area (Å²) in [5.74, 6) is 0. The van der Waals surface area contributed by atoms with Crippen molar-refractivity contribution in [2.75, 3.05) is 19.8 Å². The molecule has 3 heteroatoms. The first kappa shape index (κ1) is 25.6. The molecule has 2 N–H and O–H groups in total. The van der Waals surface area contributed by atoms with Crippen molar-refractivity contribution in [3.8, 4) is 0 Å². The number of allylic oxidation sites excluding steroid dienone is 2. The van der Waals surface area contributed by atoms with Crippen LogP contribution in [0.25, 0.3) is 0 Å². The minimum absolute atomic E-state index is 0.215. The van der Waals surface area contributed by atoms with E-state index in [1.165, 1.54) is 96.3 Å². The van der Waals surface area contributed by atoms with Crippen LogP contribution in [0.1, 0.15) is 110 Å². The first-order valence-electron chi connectivity index (χ1n) is 11.3. The van der Waals surface area contributed by atoms with E-state index in [0.29, 0.717) is 6.61 Å². The number of ether oxygens (including phenoxy) is 1. The third-order valence-corrected chi connectivity index (χ3v) is 4.82. The number of unbranched alkanes of at least 4 members (excludes halogenated alkanes) is 14. The summed E-state index contributed by atoms with van der Waals surface area (Å²) in [7, 11) is 0. The Morgan fingerprint density at radius 1 is 0.692 bits per heavy atom. The van der Waals surface area contributed by atoms with Crippen LogP contribution in [0.4, 0.5) is 0 Å². The van der Waals surface area contributed by atoms with Gasteiger partial charge in [0.15, 0.2) is 0 Å². The fourth-order valence-corrected chi connectivity index (χ4v) is 3.08. The molecule has 0 amide bonds. The van der Waals surface area contributed by atoms with Crippen LogP contribution in [0.2, 0.25) is 0 Å². The predicted octanol–water partition coefficient (Wildman–Crippen LogP) is 6.17. The Morgan fingerprint density at radius 2 is 1.15 bits per heavy atom. The lowest BCUT2D eigenvalue weighted by molar-refractivity contribution is 0.00526. The van der Waals surface area contributed by atoms with E-state index in [9.17, 15) is 0 Å². The van der Waals surface area contributed by atoms with Gasteiger partial charge in [-0.05, 0) is 32.1 Å². The van der Waals surface area contributed by atoms with Gasteiger partial charge in [0.05, 0.1) is 13.2 Å². The van der Waals surface area contributed by atoms with Crippen LogP contribution in [0, 0.1) is 0 Å². The van der Waals surface area contributed by atoms with Crippen LogP contribution in [0.3, 0.4) is 0 Å². The average molecular weight is 371 g/mol. The lowest BCUT2D eigenvalue weighted by Gasteiger charge is -2.07. The van der Waals surface area contributed by atoms with Gasteiger partial charge in [0, 0.05) is 6.61 Å². The summed E-state index contributed by atoms with van der Waals surface area (Å²) in [5.41, 5.74) is 0. The Balaban J connectivity index is 3.08. The van der Waals surface area contributed by atoms with Gasteiger partial charge in [-0.25, -0.2) is 0 Å². The zero-order valence-corrected chi connectivity index (χ0v) is 17.5. The molecule has 0 rings (SSSR count). The molecule has 26 heavy (non-hydrogen) atoms. The molecule has 0 aromatic rings. The molecule has 156 valence electrons. The predicted molar refractivity (Wildman–Crippen MR) is 113 cm³/mol. The van der Waals surface area contributed by atoms with Gasteiger partial charge in [0.2, 0.25) is 0 Å². The second-order valence-electron chi connectivity index (χ2n) is 7.56. The summed E-state index contributed by atoms with van der Waals surface area (Å²) in [4.78, 5) is 0. The quantitative estimate of drug-likeness (QED) is 0.187. The van der Waals surface area contributed by atoms with Crippen LogP contribution in [-0.4, -0.2) is 36.1 Å². The summed E-state index contributed by atoms with van der Waals surface area (Å²) >= 11 is 0. The molecule has 0 aliphatic rings. The van der Waals surface area contributed by atoms with Crippen molar-refractivity contribution in [2.45, 2.75) is 116 Å². The molecule has 0 heterocycles. The lowest BCUT2D eigenvalue weighted by atomic mass is 10.1. The molecule has 0 aliphatic heterocycles. The lowest BCUT2D eigenvalue weighted by Crippen LogP contribution is -2.19. The molecule has 1 atom stereocenters. The second-order valence-corrected chi connectivity index (χ2v) is 7.56. The van der Waals surface area contributed by atoms with E-state index in [4.69, 9.17) is 14.9 Å². The Morgan fingerprint density at radius 3 is 1.65 bits per heavy atom. The van der Waals surface area contributed by atoms with Gasteiger partial charge in [-0.2, -0.15) is 0 Å². The molecule has 0 bridgehead atoms. The molecule has 0 radical (unpaired) electrons. The average Bonchev–Trinajstić information content (AvgIpc) is 2.66. The molecule has 0 fully saturated rings. The second kappa shape index (κ2) is 22.7. The third kappa shape index (κ3) is 21.7. The zero-order chi connectivity index (χ0) is 19.1. The van der Waals surface area contributed by atoms with Gasteiger partial charge in [-0.15, -0.1) is 0 Å². The summed E-state index contributed by atoms with van der Waals surface area (Å²) in [6, 6.07) is 0. The fourth-order valence-electron chi connectivity index (χ4n) is 3.08. The van der Waals surface area contributed by atoms with E-state index in [1.807, 2.05) is 0 Å². The molecular weight excluding hydrogens is 324 g/mol. The van der Waals surface area contributed by atoms with Crippen molar-refractivity contribution in [1.29, 1.82) is 0 Å². The van der Waals surface area contributed by atoms with Crippen LogP contribution >= 0.6 is 0 Å². The van der Waals surface area contributed by atoms with Gasteiger partial charge >= 0.3 is 0 Å². The molecular formula is C23H46O3. The smallest absolute Gasteiger partial charge is 0.100 e. The molecule has 0 aromatic carbocycles. The van der Waals surface area contributed by atoms with Gasteiger partial charge in [-0.1, -0.05) is 89.7 Å². The maximum atomic E-state index is 9.13. The van der Waals surface area contributed by atoms with Crippen molar-refractivity contribution in [1.82, 2.24) is 0 Å². The zero-order valence-electron chi connectivity index (χ0n) is 17.5. The van der Waals surface area contributed by atoms with Crippen molar-refractivity contribution in [3.05, 3.63) is 12.2 Å². The van der Waals surface area contributed by atoms with E-state index < -0.39 is 6.10 Å². The molecule has 0 spiro atoms. The number of hydrogen-bond acceptors (Lipinski definition) is 3. The van der Waals surface area contributed by atoms with Crippen molar-refractivity contribution >= 4 is 0 Å². The SMILES string of the molecule is CCCCCCCCCC/C=C\CCCCCCCCOC[C@@H](O)CO. The number of aliphatic hydroxyl groups is 2. The highest BCUT2D eigenvalue weighted by molar-refractivity contribution is 4.81. The van der Waals surface area contributed by atoms with Gasteiger partial charge in [-0.3, -0.25) is 0 Å². The Labute approximate surface area is 163 Å². The van der Waals surface area contributed by atoms with Crippen LogP contribution in [0.5, 0.6) is 0 Å². The topological polar surface area (TPSA) is 49.7 Å². The van der Waals surface area contributed by atoms with Gasteiger partial charge < -0.3 is 14.9 Å². The van der Waals surface area contributed by atoms with E-state index in [-0.39, 0.29) is 13.2 Å². The maximum Gasteiger partial charge on any atom is 0.100 e. The number of aliphatic hydroxyl groups excluding tert-OH is 2. The Bertz CT molecular complexity index is 279. The van der Waals surface area contributed by atoms with E-state index >= 15 is 0 Å². The van der Waals surface area contributed by atoms with E-state index in [2.05, 4.69) is 19.1 Å².